The molecular weight excluding hydrogens is 110 g/mol. The van der Waals surface area contributed by atoms with Crippen molar-refractivity contribution in [3.63, 3.8) is 0 Å². The summed E-state index contributed by atoms with van der Waals surface area (Å²) < 4.78 is 0. The fraction of sp³-hybridized carbons (Fsp3) is 0.500. The van der Waals surface area contributed by atoms with Crippen molar-refractivity contribution in [3.05, 3.63) is 0 Å². The Morgan fingerprint density at radius 1 is 1.50 bits per heavy atom. The van der Waals surface area contributed by atoms with E-state index in [1.54, 1.807) is 0 Å². The molecule has 1 aliphatic heterocycles. The molecule has 2 amide bonds. The minimum Gasteiger partial charge on any atom is -0.271 e. The summed E-state index contributed by atoms with van der Waals surface area (Å²) in [7, 11) is 1.29. The minimum absolute atomic E-state index is 0.00611. The summed E-state index contributed by atoms with van der Waals surface area (Å²) in [6.45, 7) is 0. The van der Waals surface area contributed by atoms with Crippen molar-refractivity contribution < 1.29 is 14.4 Å². The Bertz CT molecular complexity index is 128. The van der Waals surface area contributed by atoms with Gasteiger partial charge in [0.1, 0.15) is 6.42 Å². The number of rotatable bonds is 1. The van der Waals surface area contributed by atoms with Gasteiger partial charge in [-0.3, -0.25) is 14.4 Å². The third-order valence-corrected chi connectivity index (χ3v) is 0.938. The van der Waals surface area contributed by atoms with Gasteiger partial charge in [0.25, 0.3) is 11.8 Å². The van der Waals surface area contributed by atoms with Crippen molar-refractivity contribution in [3.8, 4) is 0 Å². The van der Waals surface area contributed by atoms with Crippen LogP contribution in [0.4, 0.5) is 0 Å². The molecule has 0 N–H and O–H groups in total. The van der Waals surface area contributed by atoms with Gasteiger partial charge in [0.15, 0.2) is 0 Å². The summed E-state index contributed by atoms with van der Waals surface area (Å²) in [5.41, 5.74) is 0. The van der Waals surface area contributed by atoms with Crippen molar-refractivity contribution in [1.29, 1.82) is 0 Å². The zero-order valence-electron chi connectivity index (χ0n) is 4.38. The maximum atomic E-state index is 10.3. The lowest BCUT2D eigenvalue weighted by Gasteiger charge is -2.24. The van der Waals surface area contributed by atoms with Crippen LogP contribution in [0.5, 0.6) is 0 Å². The average Bonchev–Trinajstić information content (AvgIpc) is 1.67. The van der Waals surface area contributed by atoms with Gasteiger partial charge in [-0.25, -0.2) is 0 Å². The van der Waals surface area contributed by atoms with Crippen LogP contribution < -0.4 is 0 Å². The van der Waals surface area contributed by atoms with Crippen LogP contribution in [0.2, 0.25) is 0 Å². The maximum Gasteiger partial charge on any atom is 0.263 e. The first kappa shape index (κ1) is 5.24. The highest BCUT2D eigenvalue weighted by Crippen LogP contribution is 2.08. The topological polar surface area (TPSA) is 46.6 Å². The predicted octanol–water partition coefficient (Wildman–Crippen LogP) is -0.693. The van der Waals surface area contributed by atoms with Crippen LogP contribution in [0, 0.1) is 0 Å². The Morgan fingerprint density at radius 3 is 2.12 bits per heavy atom. The number of carbonyl (C=O) groups excluding carboxylic acids is 2. The van der Waals surface area contributed by atoms with E-state index < -0.39 is 0 Å². The summed E-state index contributed by atoms with van der Waals surface area (Å²) in [5, 5.41) is 0.736. The van der Waals surface area contributed by atoms with Crippen molar-refractivity contribution >= 4 is 11.8 Å². The fourth-order valence-electron chi connectivity index (χ4n) is 0.524. The van der Waals surface area contributed by atoms with Crippen LogP contribution in [0.3, 0.4) is 0 Å². The highest BCUT2D eigenvalue weighted by molar-refractivity contribution is 6.13. The molecule has 0 aromatic rings. The zero-order valence-corrected chi connectivity index (χ0v) is 4.38. The van der Waals surface area contributed by atoms with Gasteiger partial charge < -0.3 is 0 Å². The zero-order chi connectivity index (χ0) is 6.15. The molecule has 44 valence electrons. The standard InChI is InChI=1S/C4H5NO3/c1-8-5-3(6)2-4(5)7/h2H2,1H3. The lowest BCUT2D eigenvalue weighted by molar-refractivity contribution is -0.203. The highest BCUT2D eigenvalue weighted by Gasteiger charge is 2.34. The van der Waals surface area contributed by atoms with Crippen molar-refractivity contribution in [1.82, 2.24) is 5.06 Å². The van der Waals surface area contributed by atoms with E-state index in [1.165, 1.54) is 7.11 Å². The molecule has 1 saturated heterocycles. The number of nitrogens with zero attached hydrogens (tertiary/aromatic N) is 1. The predicted molar refractivity (Wildman–Crippen MR) is 23.5 cm³/mol. The number of hydrogen-bond acceptors (Lipinski definition) is 3. The molecule has 4 nitrogen and oxygen atoms in total. The molecule has 4 heteroatoms. The molecule has 0 aromatic carbocycles. The van der Waals surface area contributed by atoms with Crippen LogP contribution in [0.15, 0.2) is 0 Å². The molecule has 0 aromatic heterocycles. The number of imide groups is 1. The second-order valence-electron chi connectivity index (χ2n) is 1.44. The second-order valence-corrected chi connectivity index (χ2v) is 1.44. The number of β-lactam (4-membered cyclic amide) rings is 2. The Kier molecular flexibility index (Phi) is 1.02. The summed E-state index contributed by atoms with van der Waals surface area (Å²) >= 11 is 0. The molecule has 0 saturated carbocycles. The summed E-state index contributed by atoms with van der Waals surface area (Å²) in [4.78, 5) is 24.8. The lowest BCUT2D eigenvalue weighted by Crippen LogP contribution is -2.47. The van der Waals surface area contributed by atoms with E-state index in [-0.39, 0.29) is 18.2 Å². The van der Waals surface area contributed by atoms with Gasteiger partial charge in [-0.05, 0) is 0 Å². The molecule has 0 spiro atoms. The SMILES string of the molecule is CON1C(=O)CC1=O. The Balaban J connectivity index is 2.52. The van der Waals surface area contributed by atoms with Crippen LogP contribution in [0.25, 0.3) is 0 Å². The Morgan fingerprint density at radius 2 is 2.00 bits per heavy atom. The summed E-state index contributed by atoms with van der Waals surface area (Å²) in [6.07, 6.45) is -0.00611. The summed E-state index contributed by atoms with van der Waals surface area (Å²) in [6, 6.07) is 0. The quantitative estimate of drug-likeness (QED) is 0.335. The van der Waals surface area contributed by atoms with Crippen LogP contribution >= 0.6 is 0 Å². The number of amides is 2. The van der Waals surface area contributed by atoms with Crippen LogP contribution in [-0.4, -0.2) is 24.0 Å². The van der Waals surface area contributed by atoms with E-state index in [0.29, 0.717) is 0 Å². The maximum absolute atomic E-state index is 10.3. The molecule has 0 atom stereocenters. The molecule has 8 heavy (non-hydrogen) atoms. The number of hydrogen-bond donors (Lipinski definition) is 0. The first-order chi connectivity index (χ1) is 3.75. The molecule has 0 bridgehead atoms. The van der Waals surface area contributed by atoms with Gasteiger partial charge in [0.2, 0.25) is 0 Å². The van der Waals surface area contributed by atoms with Gasteiger partial charge in [-0.1, -0.05) is 0 Å². The van der Waals surface area contributed by atoms with Crippen molar-refractivity contribution in [2.24, 2.45) is 0 Å². The second kappa shape index (κ2) is 1.56. The molecule has 0 aliphatic carbocycles. The largest absolute Gasteiger partial charge is 0.271 e. The van der Waals surface area contributed by atoms with E-state index in [4.69, 9.17) is 0 Å². The van der Waals surface area contributed by atoms with Gasteiger partial charge >= 0.3 is 0 Å². The lowest BCUT2D eigenvalue weighted by atomic mass is 10.2. The number of carbonyl (C=O) groups is 2. The van der Waals surface area contributed by atoms with Crippen molar-refractivity contribution in [2.75, 3.05) is 7.11 Å². The molecule has 1 rings (SSSR count). The molecule has 1 fully saturated rings. The number of hydroxylamine groups is 2. The third-order valence-electron chi connectivity index (χ3n) is 0.938. The van der Waals surface area contributed by atoms with Crippen molar-refractivity contribution in [2.45, 2.75) is 6.42 Å². The van der Waals surface area contributed by atoms with E-state index in [0.717, 1.165) is 5.06 Å². The monoisotopic (exact) mass is 115 g/mol. The highest BCUT2D eigenvalue weighted by atomic mass is 16.7. The molecular formula is C4H5NO3. The van der Waals surface area contributed by atoms with Gasteiger partial charge in [-0.15, -0.1) is 0 Å². The van der Waals surface area contributed by atoms with Gasteiger partial charge in [0, 0.05) is 0 Å². The smallest absolute Gasteiger partial charge is 0.263 e. The van der Waals surface area contributed by atoms with E-state index in [2.05, 4.69) is 4.84 Å². The molecule has 1 aliphatic rings. The third kappa shape index (κ3) is 0.500. The fourth-order valence-corrected chi connectivity index (χ4v) is 0.524. The van der Waals surface area contributed by atoms with Gasteiger partial charge in [0.05, 0.1) is 7.11 Å². The first-order valence-corrected chi connectivity index (χ1v) is 2.15. The summed E-state index contributed by atoms with van der Waals surface area (Å²) in [5.74, 6) is -0.532. The first-order valence-electron chi connectivity index (χ1n) is 2.15. The van der Waals surface area contributed by atoms with Crippen LogP contribution in [-0.2, 0) is 14.4 Å². The minimum atomic E-state index is -0.266. The molecule has 0 radical (unpaired) electrons. The normalized spacial score (nSPS) is 18.9. The van der Waals surface area contributed by atoms with E-state index >= 15 is 0 Å². The Labute approximate surface area is 46.0 Å². The molecule has 0 unspecified atom stereocenters. The average molecular weight is 115 g/mol. The van der Waals surface area contributed by atoms with Crippen LogP contribution in [0.1, 0.15) is 6.42 Å². The van der Waals surface area contributed by atoms with E-state index in [1.807, 2.05) is 0 Å². The van der Waals surface area contributed by atoms with E-state index in [9.17, 15) is 9.59 Å². The molecule has 1 heterocycles. The Hall–Kier alpha value is -0.900. The van der Waals surface area contributed by atoms with Gasteiger partial charge in [-0.2, -0.15) is 5.06 Å².